The van der Waals surface area contributed by atoms with Gasteiger partial charge < -0.3 is 29.2 Å². The van der Waals surface area contributed by atoms with Crippen LogP contribution in [0.5, 0.6) is 0 Å². The molecule has 1 aliphatic carbocycles. The van der Waals surface area contributed by atoms with Gasteiger partial charge in [0, 0.05) is 0 Å². The first-order chi connectivity index (χ1) is 15.6. The summed E-state index contributed by atoms with van der Waals surface area (Å²) in [5, 5.41) is 5.39. The molecule has 4 rings (SSSR count). The molecule has 3 aromatic carbocycles. The summed E-state index contributed by atoms with van der Waals surface area (Å²) in [4.78, 5) is 0. The number of fused-ring (bicyclic) bond motifs is 3. The first kappa shape index (κ1) is 34.5. The van der Waals surface area contributed by atoms with Crippen LogP contribution in [0.25, 0.3) is 21.5 Å². The third kappa shape index (κ3) is 9.38. The number of hydrogen-bond donors (Lipinski definition) is 0. The molecule has 35 heavy (non-hydrogen) atoms. The summed E-state index contributed by atoms with van der Waals surface area (Å²) in [5.74, 6) is 1.06. The standard InChI is InChI=1S/C14H25OSi.C13H9.C2H6Si.2ClH.Zr/c1-11(2)16(12(3)4,13(5)6)15-14-9-7-8-10-14;1-3-7-12-10(5-1)9-11-6-2-4-8-13(11)12;1-3-2;;;/h9-13H,7H2,1-6H3;1-9H;1-2H3;2*1H;/q2*-1;;;;+2/p-2. The zero-order valence-electron chi connectivity index (χ0n) is 22.5. The van der Waals surface area contributed by atoms with Crippen molar-refractivity contribution in [3.8, 4) is 0 Å². The zero-order valence-corrected chi connectivity index (χ0v) is 28.4. The number of halogens is 2. The zero-order chi connectivity index (χ0) is 24.6. The van der Waals surface area contributed by atoms with Crippen molar-refractivity contribution in [2.24, 2.45) is 0 Å². The van der Waals surface area contributed by atoms with Gasteiger partial charge in [0.15, 0.2) is 0 Å². The average Bonchev–Trinajstić information content (AvgIpc) is 3.38. The van der Waals surface area contributed by atoms with E-state index in [1.165, 1.54) is 21.5 Å². The van der Waals surface area contributed by atoms with Gasteiger partial charge in [-0.05, 0) is 16.6 Å². The first-order valence-electron chi connectivity index (χ1n) is 12.1. The Labute approximate surface area is 242 Å². The third-order valence-corrected chi connectivity index (χ3v) is 12.2. The fourth-order valence-electron chi connectivity index (χ4n) is 4.91. The van der Waals surface area contributed by atoms with E-state index in [1.807, 2.05) is 6.08 Å². The molecule has 3 aromatic rings. The quantitative estimate of drug-likeness (QED) is 0.314. The Morgan fingerprint density at radius 1 is 0.829 bits per heavy atom. The SMILES string of the molecule is CC(C)[Si](OC1=CC[C-]=C1)(C(C)C)C(C)C.C[Si](C)=[Zr+2].[Cl-].[Cl-].c1ccc2c(c1)[cH-]c1ccccc12. The van der Waals surface area contributed by atoms with Gasteiger partial charge >= 0.3 is 41.9 Å². The maximum atomic E-state index is 6.47. The van der Waals surface area contributed by atoms with E-state index in [0.717, 1.165) is 12.2 Å². The molecule has 0 amide bonds. The van der Waals surface area contributed by atoms with Crippen molar-refractivity contribution < 1.29 is 52.6 Å². The molecular formula is C29H40Cl2OSi2Zr-2. The van der Waals surface area contributed by atoms with Gasteiger partial charge in [-0.3, -0.25) is 6.08 Å². The van der Waals surface area contributed by atoms with E-state index in [2.05, 4.69) is 121 Å². The maximum Gasteiger partial charge on any atom is -0.0771 e. The van der Waals surface area contributed by atoms with Crippen molar-refractivity contribution in [3.05, 3.63) is 78.6 Å². The van der Waals surface area contributed by atoms with Crippen LogP contribution < -0.4 is 24.8 Å². The van der Waals surface area contributed by atoms with Gasteiger partial charge in [-0.1, -0.05) is 83.7 Å². The van der Waals surface area contributed by atoms with Gasteiger partial charge in [-0.15, -0.1) is 52.2 Å². The summed E-state index contributed by atoms with van der Waals surface area (Å²) < 4.78 is 6.47. The second kappa shape index (κ2) is 16.4. The van der Waals surface area contributed by atoms with Crippen LogP contribution in [-0.4, -0.2) is 13.8 Å². The molecule has 1 aliphatic rings. The van der Waals surface area contributed by atoms with Gasteiger partial charge in [0.25, 0.3) is 0 Å². The fourth-order valence-corrected chi connectivity index (χ4v) is 10.2. The summed E-state index contributed by atoms with van der Waals surface area (Å²) in [6.45, 7) is 18.5. The van der Waals surface area contributed by atoms with Crippen molar-refractivity contribution >= 4 is 35.3 Å². The number of hydrogen-bond acceptors (Lipinski definition) is 1. The van der Waals surface area contributed by atoms with Crippen molar-refractivity contribution in [2.75, 3.05) is 0 Å². The van der Waals surface area contributed by atoms with E-state index in [9.17, 15) is 0 Å². The van der Waals surface area contributed by atoms with Crippen molar-refractivity contribution in [3.63, 3.8) is 0 Å². The Morgan fingerprint density at radius 2 is 1.23 bits per heavy atom. The molecule has 0 saturated carbocycles. The fraction of sp³-hybridized carbons (Fsp3) is 0.414. The van der Waals surface area contributed by atoms with Crippen molar-refractivity contribution in [1.82, 2.24) is 0 Å². The summed E-state index contributed by atoms with van der Waals surface area (Å²) in [6, 6.07) is 19.3. The van der Waals surface area contributed by atoms with E-state index in [1.54, 1.807) is 23.3 Å². The second-order valence-corrected chi connectivity index (χ2v) is 24.6. The van der Waals surface area contributed by atoms with Crippen LogP contribution in [0.4, 0.5) is 0 Å². The average molecular weight is 623 g/mol. The minimum Gasteiger partial charge on any atom is -1.00 e. The summed E-state index contributed by atoms with van der Waals surface area (Å²) in [6.07, 6.45) is 8.26. The number of rotatable bonds is 5. The Bertz CT molecular complexity index is 1040. The molecule has 190 valence electrons. The second-order valence-electron chi connectivity index (χ2n) is 9.90. The minimum atomic E-state index is -1.73. The first-order valence-corrected chi connectivity index (χ1v) is 20.4. The normalized spacial score (nSPS) is 12.4. The van der Waals surface area contributed by atoms with Crippen molar-refractivity contribution in [1.29, 1.82) is 0 Å². The monoisotopic (exact) mass is 620 g/mol. The number of allylic oxidation sites excluding steroid dienone is 3. The van der Waals surface area contributed by atoms with Crippen LogP contribution in [-0.2, 0) is 27.8 Å². The number of benzene rings is 2. The summed E-state index contributed by atoms with van der Waals surface area (Å²) in [5.41, 5.74) is 2.13. The van der Waals surface area contributed by atoms with E-state index >= 15 is 0 Å². The summed E-state index contributed by atoms with van der Waals surface area (Å²) >= 11 is 1.74. The molecule has 0 aliphatic heterocycles. The largest absolute Gasteiger partial charge is 1.00 e. The van der Waals surface area contributed by atoms with Gasteiger partial charge in [0.2, 0.25) is 8.32 Å². The third-order valence-electron chi connectivity index (χ3n) is 6.19. The van der Waals surface area contributed by atoms with Gasteiger partial charge in [-0.25, -0.2) is 0 Å². The molecule has 0 spiro atoms. The van der Waals surface area contributed by atoms with Crippen LogP contribution >= 0.6 is 0 Å². The van der Waals surface area contributed by atoms with E-state index in [0.29, 0.717) is 16.6 Å². The Balaban J connectivity index is 0.000000551. The van der Waals surface area contributed by atoms with Crippen molar-refractivity contribution in [2.45, 2.75) is 77.7 Å². The molecular weight excluding hydrogens is 583 g/mol. The minimum absolute atomic E-state index is 0. The Hall–Kier alpha value is -0.513. The molecule has 0 atom stereocenters. The predicted molar refractivity (Wildman–Crippen MR) is 147 cm³/mol. The Morgan fingerprint density at radius 3 is 1.57 bits per heavy atom. The van der Waals surface area contributed by atoms with Gasteiger partial charge in [-0.2, -0.15) is 6.08 Å². The maximum absolute atomic E-state index is 6.47. The summed E-state index contributed by atoms with van der Waals surface area (Å²) in [7, 11) is -1.73. The molecule has 0 unspecified atom stereocenters. The molecule has 0 fully saturated rings. The smallest absolute Gasteiger partial charge is 0.0771 e. The van der Waals surface area contributed by atoms with Crippen LogP contribution in [0.2, 0.25) is 29.7 Å². The van der Waals surface area contributed by atoms with Crippen LogP contribution in [0, 0.1) is 6.08 Å². The topological polar surface area (TPSA) is 9.23 Å². The molecule has 0 N–H and O–H groups in total. The van der Waals surface area contributed by atoms with E-state index in [4.69, 9.17) is 4.43 Å². The molecule has 0 heterocycles. The molecule has 0 aromatic heterocycles. The van der Waals surface area contributed by atoms with E-state index in [-0.39, 0.29) is 30.2 Å². The Kier molecular flexibility index (Phi) is 16.1. The molecule has 0 bridgehead atoms. The van der Waals surface area contributed by atoms with Gasteiger partial charge in [0.1, 0.15) is 0 Å². The molecule has 0 radical (unpaired) electrons. The molecule has 0 saturated heterocycles. The van der Waals surface area contributed by atoms with Crippen LogP contribution in [0.1, 0.15) is 48.0 Å². The van der Waals surface area contributed by atoms with Crippen LogP contribution in [0.15, 0.2) is 72.5 Å². The van der Waals surface area contributed by atoms with Crippen LogP contribution in [0.3, 0.4) is 0 Å². The van der Waals surface area contributed by atoms with E-state index < -0.39 is 8.32 Å². The predicted octanol–water partition coefficient (Wildman–Crippen LogP) is 3.33. The molecule has 6 heteroatoms. The van der Waals surface area contributed by atoms with Gasteiger partial charge in [0.05, 0.1) is 0 Å². The molecule has 1 nitrogen and oxygen atoms in total.